The van der Waals surface area contributed by atoms with E-state index in [9.17, 15) is 4.79 Å². The SMILES string of the molecule is Nc1c[nH]c(=O)c(-c2cc3cc(OCCCN4CCOCC4)ccc3[nH]2)c1. The van der Waals surface area contributed by atoms with Crippen molar-refractivity contribution in [2.24, 2.45) is 0 Å². The molecular formula is C20H24N4O3. The highest BCUT2D eigenvalue weighted by atomic mass is 16.5. The van der Waals surface area contributed by atoms with Gasteiger partial charge in [0.1, 0.15) is 5.75 Å². The molecule has 0 atom stereocenters. The highest BCUT2D eigenvalue weighted by Crippen LogP contribution is 2.26. The number of aromatic nitrogens is 2. The molecule has 1 saturated heterocycles. The van der Waals surface area contributed by atoms with Crippen molar-refractivity contribution in [3.63, 3.8) is 0 Å². The van der Waals surface area contributed by atoms with Gasteiger partial charge in [0.25, 0.3) is 5.56 Å². The summed E-state index contributed by atoms with van der Waals surface area (Å²) in [6.45, 7) is 5.35. The molecule has 1 fully saturated rings. The Balaban J connectivity index is 1.41. The van der Waals surface area contributed by atoms with Crippen LogP contribution in [-0.4, -0.2) is 54.3 Å². The Bertz CT molecular complexity index is 973. The minimum atomic E-state index is -0.171. The molecule has 0 spiro atoms. The Morgan fingerprint density at radius 2 is 2.04 bits per heavy atom. The van der Waals surface area contributed by atoms with Crippen molar-refractivity contribution in [2.75, 3.05) is 45.2 Å². The van der Waals surface area contributed by atoms with E-state index in [1.165, 1.54) is 6.20 Å². The van der Waals surface area contributed by atoms with Crippen LogP contribution in [-0.2, 0) is 4.74 Å². The van der Waals surface area contributed by atoms with E-state index in [0.717, 1.165) is 61.6 Å². The largest absolute Gasteiger partial charge is 0.494 e. The summed E-state index contributed by atoms with van der Waals surface area (Å²) >= 11 is 0. The van der Waals surface area contributed by atoms with E-state index in [0.29, 0.717) is 17.9 Å². The summed E-state index contributed by atoms with van der Waals surface area (Å²) in [6, 6.07) is 9.52. The first kappa shape index (κ1) is 17.6. The van der Waals surface area contributed by atoms with Crippen LogP contribution in [0.1, 0.15) is 6.42 Å². The number of ether oxygens (including phenoxy) is 2. The predicted molar refractivity (Wildman–Crippen MR) is 106 cm³/mol. The molecule has 0 unspecified atom stereocenters. The summed E-state index contributed by atoms with van der Waals surface area (Å²) < 4.78 is 11.3. The van der Waals surface area contributed by atoms with Crippen molar-refractivity contribution in [1.82, 2.24) is 14.9 Å². The molecule has 7 heteroatoms. The number of nitrogens with two attached hydrogens (primary N) is 1. The van der Waals surface area contributed by atoms with E-state index >= 15 is 0 Å². The Morgan fingerprint density at radius 3 is 2.89 bits per heavy atom. The van der Waals surface area contributed by atoms with Crippen molar-refractivity contribution in [3.8, 4) is 17.0 Å². The van der Waals surface area contributed by atoms with Gasteiger partial charge in [0, 0.05) is 42.4 Å². The fraction of sp³-hybridized carbons (Fsp3) is 0.350. The van der Waals surface area contributed by atoms with Gasteiger partial charge in [0.2, 0.25) is 0 Å². The normalized spacial score (nSPS) is 15.3. The molecule has 4 N–H and O–H groups in total. The zero-order valence-electron chi connectivity index (χ0n) is 15.2. The smallest absolute Gasteiger partial charge is 0.257 e. The molecular weight excluding hydrogens is 344 g/mol. The number of nitrogens with one attached hydrogen (secondary N) is 2. The van der Waals surface area contributed by atoms with Crippen LogP contribution in [0, 0.1) is 0 Å². The van der Waals surface area contributed by atoms with E-state index in [1.807, 2.05) is 24.3 Å². The van der Waals surface area contributed by atoms with Crippen molar-refractivity contribution in [2.45, 2.75) is 6.42 Å². The van der Waals surface area contributed by atoms with Gasteiger partial charge in [0.15, 0.2) is 0 Å². The Kier molecular flexibility index (Phi) is 5.13. The summed E-state index contributed by atoms with van der Waals surface area (Å²) in [4.78, 5) is 20.4. The molecule has 3 heterocycles. The molecule has 7 nitrogen and oxygen atoms in total. The topological polar surface area (TPSA) is 96.4 Å². The van der Waals surface area contributed by atoms with Gasteiger partial charge in [-0.2, -0.15) is 0 Å². The first-order valence-electron chi connectivity index (χ1n) is 9.23. The molecule has 3 aromatic rings. The number of hydrogen-bond donors (Lipinski definition) is 3. The average Bonchev–Trinajstić information content (AvgIpc) is 3.11. The van der Waals surface area contributed by atoms with Gasteiger partial charge in [-0.3, -0.25) is 9.69 Å². The van der Waals surface area contributed by atoms with E-state index < -0.39 is 0 Å². The van der Waals surface area contributed by atoms with Crippen LogP contribution >= 0.6 is 0 Å². The number of nitrogen functional groups attached to an aromatic ring is 1. The summed E-state index contributed by atoms with van der Waals surface area (Å²) in [7, 11) is 0. The molecule has 0 saturated carbocycles. The Hall–Kier alpha value is -2.77. The van der Waals surface area contributed by atoms with Crippen LogP contribution < -0.4 is 16.0 Å². The lowest BCUT2D eigenvalue weighted by atomic mass is 10.2. The lowest BCUT2D eigenvalue weighted by molar-refractivity contribution is 0.0358. The Morgan fingerprint density at radius 1 is 1.19 bits per heavy atom. The molecule has 142 valence electrons. The van der Waals surface area contributed by atoms with Crippen LogP contribution in [0.3, 0.4) is 0 Å². The summed E-state index contributed by atoms with van der Waals surface area (Å²) in [6.07, 6.45) is 2.48. The van der Waals surface area contributed by atoms with E-state index in [-0.39, 0.29) is 5.56 Å². The van der Waals surface area contributed by atoms with Gasteiger partial charge in [-0.25, -0.2) is 0 Å². The monoisotopic (exact) mass is 368 g/mol. The fourth-order valence-electron chi connectivity index (χ4n) is 3.35. The number of anilines is 1. The maximum Gasteiger partial charge on any atom is 0.257 e. The average molecular weight is 368 g/mol. The number of benzene rings is 1. The highest BCUT2D eigenvalue weighted by Gasteiger charge is 2.10. The maximum atomic E-state index is 12.1. The first-order valence-corrected chi connectivity index (χ1v) is 9.23. The minimum Gasteiger partial charge on any atom is -0.494 e. The molecule has 1 aromatic carbocycles. The molecule has 27 heavy (non-hydrogen) atoms. The van der Waals surface area contributed by atoms with Crippen molar-refractivity contribution >= 4 is 16.6 Å². The van der Waals surface area contributed by atoms with Gasteiger partial charge in [-0.1, -0.05) is 0 Å². The second-order valence-corrected chi connectivity index (χ2v) is 6.76. The number of pyridine rings is 1. The quantitative estimate of drug-likeness (QED) is 0.580. The molecule has 1 aliphatic rings. The summed E-state index contributed by atoms with van der Waals surface area (Å²) in [5, 5.41) is 0.998. The van der Waals surface area contributed by atoms with Crippen LogP contribution in [0.15, 0.2) is 41.3 Å². The Labute approximate surface area is 157 Å². The number of aromatic amines is 2. The van der Waals surface area contributed by atoms with Crippen molar-refractivity contribution in [3.05, 3.63) is 46.9 Å². The summed E-state index contributed by atoms with van der Waals surface area (Å²) in [5.74, 6) is 0.830. The number of nitrogens with zero attached hydrogens (tertiary/aromatic N) is 1. The molecule has 0 aliphatic carbocycles. The van der Waals surface area contributed by atoms with E-state index in [2.05, 4.69) is 14.9 Å². The van der Waals surface area contributed by atoms with E-state index in [4.69, 9.17) is 15.2 Å². The third kappa shape index (κ3) is 4.15. The second-order valence-electron chi connectivity index (χ2n) is 6.76. The molecule has 0 amide bonds. The zero-order valence-corrected chi connectivity index (χ0v) is 15.2. The van der Waals surface area contributed by atoms with Gasteiger partial charge in [-0.05, 0) is 36.8 Å². The van der Waals surface area contributed by atoms with Crippen LogP contribution in [0.25, 0.3) is 22.2 Å². The van der Waals surface area contributed by atoms with Crippen molar-refractivity contribution < 1.29 is 9.47 Å². The van der Waals surface area contributed by atoms with Crippen LogP contribution in [0.2, 0.25) is 0 Å². The first-order chi connectivity index (χ1) is 13.2. The fourth-order valence-corrected chi connectivity index (χ4v) is 3.35. The molecule has 0 radical (unpaired) electrons. The highest BCUT2D eigenvalue weighted by molar-refractivity contribution is 5.87. The number of morpholine rings is 1. The van der Waals surface area contributed by atoms with E-state index in [1.54, 1.807) is 6.07 Å². The lowest BCUT2D eigenvalue weighted by Crippen LogP contribution is -2.37. The molecule has 1 aliphatic heterocycles. The minimum absolute atomic E-state index is 0.171. The van der Waals surface area contributed by atoms with Crippen LogP contribution in [0.4, 0.5) is 5.69 Å². The molecule has 4 rings (SSSR count). The number of rotatable bonds is 6. The van der Waals surface area contributed by atoms with Gasteiger partial charge in [-0.15, -0.1) is 0 Å². The number of hydrogen-bond acceptors (Lipinski definition) is 5. The standard InChI is InChI=1S/C20H24N4O3/c21-15-12-17(20(25)22-13-15)19-11-14-10-16(2-3-18(14)23-19)27-7-1-4-24-5-8-26-9-6-24/h2-3,10-13,23H,1,4-9,21H2,(H,22,25). The molecule has 0 bridgehead atoms. The van der Waals surface area contributed by atoms with Crippen LogP contribution in [0.5, 0.6) is 5.75 Å². The maximum absolute atomic E-state index is 12.1. The van der Waals surface area contributed by atoms with Gasteiger partial charge < -0.3 is 25.2 Å². The number of fused-ring (bicyclic) bond motifs is 1. The van der Waals surface area contributed by atoms with Gasteiger partial charge in [0.05, 0.1) is 31.1 Å². The van der Waals surface area contributed by atoms with Crippen molar-refractivity contribution in [1.29, 1.82) is 0 Å². The third-order valence-corrected chi connectivity index (χ3v) is 4.80. The number of H-pyrrole nitrogens is 2. The predicted octanol–water partition coefficient (Wildman–Crippen LogP) is 2.21. The molecule has 2 aromatic heterocycles. The third-order valence-electron chi connectivity index (χ3n) is 4.80. The summed E-state index contributed by atoms with van der Waals surface area (Å²) in [5.41, 5.74) is 8.36. The second kappa shape index (κ2) is 7.85. The van der Waals surface area contributed by atoms with Gasteiger partial charge >= 0.3 is 0 Å². The zero-order chi connectivity index (χ0) is 18.6. The lowest BCUT2D eigenvalue weighted by Gasteiger charge is -2.26.